The van der Waals surface area contributed by atoms with E-state index in [4.69, 9.17) is 18.5 Å². The molecule has 0 saturated carbocycles. The number of benzene rings is 1. The monoisotopic (exact) mass is 526 g/mol. The predicted molar refractivity (Wildman–Crippen MR) is 149 cm³/mol. The maximum absolute atomic E-state index is 12.4. The number of unbranched alkanes of at least 4 members (excludes halogenated alkanes) is 11. The van der Waals surface area contributed by atoms with Crippen LogP contribution in [-0.2, 0) is 25.0 Å². The predicted octanol–water partition coefficient (Wildman–Crippen LogP) is 8.07. The Morgan fingerprint density at radius 3 is 1.94 bits per heavy atom. The van der Waals surface area contributed by atoms with Crippen LogP contribution in [0.5, 0.6) is 5.75 Å². The molecule has 6 nitrogen and oxygen atoms in total. The van der Waals surface area contributed by atoms with Crippen molar-refractivity contribution in [1.29, 1.82) is 0 Å². The number of methoxy groups -OCH3 is 1. The van der Waals surface area contributed by atoms with Crippen LogP contribution < -0.4 is 4.74 Å². The van der Waals surface area contributed by atoms with Gasteiger partial charge in [0.25, 0.3) is 0 Å². The van der Waals surface area contributed by atoms with Gasteiger partial charge in [0.2, 0.25) is 0 Å². The van der Waals surface area contributed by atoms with Crippen LogP contribution in [0.3, 0.4) is 0 Å². The highest BCUT2D eigenvalue weighted by atomic mass is 31.2. The van der Waals surface area contributed by atoms with E-state index in [1.54, 1.807) is 7.11 Å². The Morgan fingerprint density at radius 1 is 0.861 bits per heavy atom. The van der Waals surface area contributed by atoms with Crippen LogP contribution >= 0.6 is 7.60 Å². The quantitative estimate of drug-likeness (QED) is 0.0883. The minimum Gasteiger partial charge on any atom is -0.497 e. The summed E-state index contributed by atoms with van der Waals surface area (Å²) in [6.45, 7) is 2.62. The first kappa shape index (κ1) is 32.9. The summed E-state index contributed by atoms with van der Waals surface area (Å²) in [4.78, 5) is 0. The summed E-state index contributed by atoms with van der Waals surface area (Å²) in [5.74, 6) is 0.789. The standard InChI is InChI=1S/C29H51O6P/c1-5-6-7-8-9-10-11-12-13-14-15-16-17-18-29(28(30)23-24-36(31,33-3)34-4)35-25-26-19-21-27(32-2)22-20-26/h17-22,28-30H,5-16,23-25H2,1-4H3/b18-17+/t28-,29-/m1/s1. The summed E-state index contributed by atoms with van der Waals surface area (Å²) in [7, 11) is 1.19. The zero-order valence-corrected chi connectivity index (χ0v) is 24.1. The molecule has 0 unspecified atom stereocenters. The Kier molecular flexibility index (Phi) is 19.0. The molecule has 0 aliphatic carbocycles. The second kappa shape index (κ2) is 20.8. The van der Waals surface area contributed by atoms with E-state index in [0.29, 0.717) is 6.61 Å². The average molecular weight is 527 g/mol. The molecule has 36 heavy (non-hydrogen) atoms. The van der Waals surface area contributed by atoms with Gasteiger partial charge in [-0.2, -0.15) is 0 Å². The van der Waals surface area contributed by atoms with Crippen LogP contribution in [0.15, 0.2) is 36.4 Å². The molecule has 2 atom stereocenters. The zero-order chi connectivity index (χ0) is 26.5. The first-order valence-corrected chi connectivity index (χ1v) is 15.5. The second-order valence-corrected chi connectivity index (χ2v) is 11.8. The van der Waals surface area contributed by atoms with Gasteiger partial charge in [-0.1, -0.05) is 95.4 Å². The minimum atomic E-state index is -3.17. The van der Waals surface area contributed by atoms with Crippen molar-refractivity contribution in [2.45, 2.75) is 109 Å². The van der Waals surface area contributed by atoms with Crippen molar-refractivity contribution in [2.75, 3.05) is 27.5 Å². The van der Waals surface area contributed by atoms with Gasteiger partial charge in [0.1, 0.15) is 11.9 Å². The van der Waals surface area contributed by atoms with E-state index < -0.39 is 19.8 Å². The molecule has 1 aromatic rings. The highest BCUT2D eigenvalue weighted by molar-refractivity contribution is 7.53. The largest absolute Gasteiger partial charge is 0.497 e. The number of ether oxygens (including phenoxy) is 2. The number of hydrogen-bond acceptors (Lipinski definition) is 6. The van der Waals surface area contributed by atoms with E-state index in [1.165, 1.54) is 78.4 Å². The summed E-state index contributed by atoms with van der Waals surface area (Å²) in [6.07, 6.45) is 18.6. The lowest BCUT2D eigenvalue weighted by Crippen LogP contribution is -2.28. The maximum atomic E-state index is 12.4. The summed E-state index contributed by atoms with van der Waals surface area (Å²) >= 11 is 0. The molecule has 0 radical (unpaired) electrons. The van der Waals surface area contributed by atoms with E-state index >= 15 is 0 Å². The normalized spacial score (nSPS) is 13.8. The van der Waals surface area contributed by atoms with Gasteiger partial charge >= 0.3 is 7.60 Å². The van der Waals surface area contributed by atoms with Gasteiger partial charge in [-0.3, -0.25) is 4.57 Å². The Balaban J connectivity index is 2.43. The Labute approximate surface area is 220 Å². The van der Waals surface area contributed by atoms with Crippen molar-refractivity contribution in [3.05, 3.63) is 42.0 Å². The molecule has 0 amide bonds. The van der Waals surface area contributed by atoms with Gasteiger partial charge in [0.15, 0.2) is 0 Å². The molecule has 0 heterocycles. The molecule has 0 aliphatic heterocycles. The van der Waals surface area contributed by atoms with Crippen molar-refractivity contribution in [3.63, 3.8) is 0 Å². The fraction of sp³-hybridized carbons (Fsp3) is 0.724. The maximum Gasteiger partial charge on any atom is 0.330 e. The van der Waals surface area contributed by atoms with Crippen molar-refractivity contribution < 1.29 is 28.2 Å². The lowest BCUT2D eigenvalue weighted by Gasteiger charge is -2.22. The molecule has 0 bridgehead atoms. The van der Waals surface area contributed by atoms with E-state index in [0.717, 1.165) is 24.2 Å². The Morgan fingerprint density at radius 2 is 1.42 bits per heavy atom. The highest BCUT2D eigenvalue weighted by Crippen LogP contribution is 2.47. The van der Waals surface area contributed by atoms with Gasteiger partial charge in [0, 0.05) is 14.2 Å². The summed E-state index contributed by atoms with van der Waals surface area (Å²) in [6, 6.07) is 7.67. The first-order valence-electron chi connectivity index (χ1n) is 13.8. The van der Waals surface area contributed by atoms with Crippen molar-refractivity contribution in [1.82, 2.24) is 0 Å². The van der Waals surface area contributed by atoms with Gasteiger partial charge in [-0.05, 0) is 37.0 Å². The van der Waals surface area contributed by atoms with Crippen molar-refractivity contribution in [3.8, 4) is 5.75 Å². The average Bonchev–Trinajstić information content (AvgIpc) is 2.91. The summed E-state index contributed by atoms with van der Waals surface area (Å²) < 4.78 is 33.6. The highest BCUT2D eigenvalue weighted by Gasteiger charge is 2.25. The number of hydrogen-bond donors (Lipinski definition) is 1. The number of aliphatic hydroxyl groups excluding tert-OH is 1. The van der Waals surface area contributed by atoms with Crippen LogP contribution in [0.2, 0.25) is 0 Å². The van der Waals surface area contributed by atoms with Crippen LogP contribution in [0, 0.1) is 0 Å². The molecule has 0 saturated heterocycles. The summed E-state index contributed by atoms with van der Waals surface area (Å²) in [5.41, 5.74) is 0.992. The smallest absolute Gasteiger partial charge is 0.330 e. The molecule has 1 aromatic carbocycles. The fourth-order valence-electron chi connectivity index (χ4n) is 4.08. The third-order valence-corrected chi connectivity index (χ3v) is 8.45. The van der Waals surface area contributed by atoms with Gasteiger partial charge < -0.3 is 23.6 Å². The molecule has 1 rings (SSSR count). The van der Waals surface area contributed by atoms with Crippen LogP contribution in [0.1, 0.15) is 96.0 Å². The number of allylic oxidation sites excluding steroid dienone is 1. The number of aliphatic hydroxyl groups is 1. The number of rotatable bonds is 23. The first-order chi connectivity index (χ1) is 17.5. The van der Waals surface area contributed by atoms with Crippen LogP contribution in [-0.4, -0.2) is 44.8 Å². The van der Waals surface area contributed by atoms with Gasteiger partial charge in [0.05, 0.1) is 26.0 Å². The van der Waals surface area contributed by atoms with Gasteiger partial charge in [-0.15, -0.1) is 0 Å². The molecule has 1 N–H and O–H groups in total. The Bertz CT molecular complexity index is 713. The molecule has 7 heteroatoms. The fourth-order valence-corrected chi connectivity index (χ4v) is 5.17. The van der Waals surface area contributed by atoms with Crippen LogP contribution in [0.25, 0.3) is 0 Å². The molecular formula is C29H51O6P. The summed E-state index contributed by atoms with van der Waals surface area (Å²) in [5, 5.41) is 10.8. The van der Waals surface area contributed by atoms with Crippen LogP contribution in [0.4, 0.5) is 0 Å². The second-order valence-electron chi connectivity index (χ2n) is 9.43. The lowest BCUT2D eigenvalue weighted by molar-refractivity contribution is -0.0199. The topological polar surface area (TPSA) is 74.2 Å². The van der Waals surface area contributed by atoms with Gasteiger partial charge in [-0.25, -0.2) is 0 Å². The minimum absolute atomic E-state index is 0.135. The SMILES string of the molecule is CCCCCCCCCCCCC/C=C/[C@@H](OCc1ccc(OC)cc1)[C@H](O)CCP(=O)(OC)OC. The van der Waals surface area contributed by atoms with E-state index in [9.17, 15) is 9.67 Å². The molecule has 0 aliphatic rings. The van der Waals surface area contributed by atoms with Crippen molar-refractivity contribution in [2.24, 2.45) is 0 Å². The third-order valence-electron chi connectivity index (χ3n) is 6.54. The molecule has 0 fully saturated rings. The third kappa shape index (κ3) is 15.2. The van der Waals surface area contributed by atoms with E-state index in [1.807, 2.05) is 30.3 Å². The lowest BCUT2D eigenvalue weighted by atomic mass is 10.0. The molecule has 0 aromatic heterocycles. The zero-order valence-electron chi connectivity index (χ0n) is 23.2. The van der Waals surface area contributed by atoms with E-state index in [-0.39, 0.29) is 12.6 Å². The molecular weight excluding hydrogens is 475 g/mol. The van der Waals surface area contributed by atoms with Crippen molar-refractivity contribution >= 4 is 7.60 Å². The Hall–Kier alpha value is -1.17. The molecule has 208 valence electrons. The van der Waals surface area contributed by atoms with E-state index in [2.05, 4.69) is 13.0 Å². The molecule has 0 spiro atoms.